The van der Waals surface area contributed by atoms with Crippen LogP contribution in [-0.2, 0) is 0 Å². The van der Waals surface area contributed by atoms with Crippen molar-refractivity contribution in [2.45, 2.75) is 19.9 Å². The van der Waals surface area contributed by atoms with E-state index < -0.39 is 11.4 Å². The number of hydrogen-bond donors (Lipinski definition) is 1. The van der Waals surface area contributed by atoms with E-state index >= 15 is 0 Å². The molecule has 2 aromatic heterocycles. The second-order valence-corrected chi connectivity index (χ2v) is 8.22. The topological polar surface area (TPSA) is 73.8 Å². The molecule has 2 aromatic carbocycles. The second-order valence-electron chi connectivity index (χ2n) is 7.81. The molecule has 4 aromatic rings. The molecule has 162 valence electrons. The summed E-state index contributed by atoms with van der Waals surface area (Å²) in [6.45, 7) is 4.08. The fourth-order valence-electron chi connectivity index (χ4n) is 3.40. The molecule has 0 saturated heterocycles. The molecular formula is C25H22ClFN4O. The van der Waals surface area contributed by atoms with Gasteiger partial charge >= 0.3 is 0 Å². The first-order valence-corrected chi connectivity index (χ1v) is 10.6. The Morgan fingerprint density at radius 2 is 1.81 bits per heavy atom. The van der Waals surface area contributed by atoms with Crippen molar-refractivity contribution in [1.82, 2.24) is 14.5 Å². The molecule has 5 nitrogen and oxygen atoms in total. The van der Waals surface area contributed by atoms with Crippen molar-refractivity contribution in [2.75, 3.05) is 0 Å². The summed E-state index contributed by atoms with van der Waals surface area (Å²) in [5.74, 6) is 0.0881. The summed E-state index contributed by atoms with van der Waals surface area (Å²) in [6.07, 6.45) is 3.46. The number of halogens is 2. The average molecular weight is 449 g/mol. The minimum absolute atomic E-state index is 0.171. The standard InChI is InChI=1S/C25H22ClFN4O/c1-15(2)24(28)21-8-5-6-17(29-21)11-13-23-30-20-12-10-16(27)14-18(20)25(32)31(23)22-9-4-3-7-19(22)26/h3-15,24H,28H2,1-2H3/b13-11+/t24-/m0/s1. The molecular weight excluding hydrogens is 427 g/mol. The zero-order valence-electron chi connectivity index (χ0n) is 17.7. The number of nitrogens with two attached hydrogens (primary N) is 1. The van der Waals surface area contributed by atoms with Gasteiger partial charge in [-0.3, -0.25) is 14.3 Å². The Hall–Kier alpha value is -3.35. The summed E-state index contributed by atoms with van der Waals surface area (Å²) in [5, 5.41) is 0.551. The van der Waals surface area contributed by atoms with Gasteiger partial charge in [-0.05, 0) is 60.5 Å². The van der Waals surface area contributed by atoms with Gasteiger partial charge in [-0.1, -0.05) is 43.6 Å². The zero-order chi connectivity index (χ0) is 22.8. The number of pyridine rings is 1. The van der Waals surface area contributed by atoms with Gasteiger partial charge in [-0.2, -0.15) is 0 Å². The van der Waals surface area contributed by atoms with Crippen molar-refractivity contribution in [2.24, 2.45) is 11.7 Å². The molecule has 0 fully saturated rings. The maximum absolute atomic E-state index is 13.8. The molecule has 2 heterocycles. The van der Waals surface area contributed by atoms with Crippen molar-refractivity contribution in [3.05, 3.63) is 99.1 Å². The maximum Gasteiger partial charge on any atom is 0.266 e. The fourth-order valence-corrected chi connectivity index (χ4v) is 3.62. The summed E-state index contributed by atoms with van der Waals surface area (Å²) in [4.78, 5) is 22.5. The Balaban J connectivity index is 1.88. The minimum atomic E-state index is -0.507. The molecule has 0 aliphatic rings. The van der Waals surface area contributed by atoms with Crippen molar-refractivity contribution >= 4 is 34.7 Å². The number of aromatic nitrogens is 3. The molecule has 7 heteroatoms. The molecule has 0 bridgehead atoms. The van der Waals surface area contributed by atoms with Crippen LogP contribution in [0.4, 0.5) is 4.39 Å². The summed E-state index contributed by atoms with van der Waals surface area (Å²) in [5.41, 5.74) is 8.14. The van der Waals surface area contributed by atoms with Crippen molar-refractivity contribution < 1.29 is 4.39 Å². The van der Waals surface area contributed by atoms with E-state index in [-0.39, 0.29) is 17.3 Å². The lowest BCUT2D eigenvalue weighted by Gasteiger charge is -2.15. The van der Waals surface area contributed by atoms with E-state index in [1.165, 1.54) is 22.8 Å². The van der Waals surface area contributed by atoms with Gasteiger partial charge in [0.05, 0.1) is 33.0 Å². The third-order valence-corrected chi connectivity index (χ3v) is 5.52. The fraction of sp³-hybridized carbons (Fsp3) is 0.160. The first-order valence-electron chi connectivity index (χ1n) is 10.2. The van der Waals surface area contributed by atoms with Crippen LogP contribution < -0.4 is 11.3 Å². The Labute approximate surface area is 190 Å². The van der Waals surface area contributed by atoms with Crippen LogP contribution in [0.5, 0.6) is 0 Å². The van der Waals surface area contributed by atoms with Gasteiger partial charge in [0.25, 0.3) is 5.56 Å². The molecule has 0 amide bonds. The summed E-state index contributed by atoms with van der Waals surface area (Å²) >= 11 is 6.38. The van der Waals surface area contributed by atoms with E-state index in [1.807, 2.05) is 32.0 Å². The number of para-hydroxylation sites is 1. The normalized spacial score (nSPS) is 12.7. The molecule has 0 unspecified atom stereocenters. The Morgan fingerprint density at radius 3 is 2.56 bits per heavy atom. The molecule has 4 rings (SSSR count). The van der Waals surface area contributed by atoms with Gasteiger partial charge in [0.2, 0.25) is 0 Å². The molecule has 0 aliphatic heterocycles. The number of fused-ring (bicyclic) bond motifs is 1. The SMILES string of the molecule is CC(C)[C@H](N)c1cccc(/C=C/c2nc3ccc(F)cc3c(=O)n2-c2ccccc2Cl)n1. The number of nitrogens with zero attached hydrogens (tertiary/aromatic N) is 3. The van der Waals surface area contributed by atoms with Gasteiger partial charge in [-0.15, -0.1) is 0 Å². The van der Waals surface area contributed by atoms with Crippen molar-refractivity contribution in [3.63, 3.8) is 0 Å². The van der Waals surface area contributed by atoms with Gasteiger partial charge in [0.15, 0.2) is 0 Å². The molecule has 1 atom stereocenters. The first kappa shape index (κ1) is 21.9. The number of rotatable bonds is 5. The highest BCUT2D eigenvalue weighted by Crippen LogP contribution is 2.23. The van der Waals surface area contributed by atoms with Crippen LogP contribution in [0.3, 0.4) is 0 Å². The average Bonchev–Trinajstić information content (AvgIpc) is 2.78. The number of benzene rings is 2. The Kier molecular flexibility index (Phi) is 6.17. The van der Waals surface area contributed by atoms with Crippen LogP contribution in [-0.4, -0.2) is 14.5 Å². The lowest BCUT2D eigenvalue weighted by molar-refractivity contribution is 0.503. The van der Waals surface area contributed by atoms with E-state index in [1.54, 1.807) is 36.4 Å². The van der Waals surface area contributed by atoms with Crippen LogP contribution in [0.25, 0.3) is 28.7 Å². The monoisotopic (exact) mass is 448 g/mol. The largest absolute Gasteiger partial charge is 0.322 e. The molecule has 0 aliphatic carbocycles. The van der Waals surface area contributed by atoms with Crippen molar-refractivity contribution in [3.8, 4) is 5.69 Å². The Bertz CT molecular complexity index is 1380. The summed E-state index contributed by atoms with van der Waals surface area (Å²) < 4.78 is 15.2. The van der Waals surface area contributed by atoms with Gasteiger partial charge in [-0.25, -0.2) is 9.37 Å². The predicted octanol–water partition coefficient (Wildman–Crippen LogP) is 5.40. The summed E-state index contributed by atoms with van der Waals surface area (Å²) in [6, 6.07) is 16.3. The van der Waals surface area contributed by atoms with E-state index in [4.69, 9.17) is 17.3 Å². The first-order chi connectivity index (χ1) is 15.3. The number of hydrogen-bond acceptors (Lipinski definition) is 4. The highest BCUT2D eigenvalue weighted by molar-refractivity contribution is 6.32. The minimum Gasteiger partial charge on any atom is -0.322 e. The van der Waals surface area contributed by atoms with E-state index in [0.717, 1.165) is 5.69 Å². The molecule has 0 radical (unpaired) electrons. The lowest BCUT2D eigenvalue weighted by atomic mass is 10.0. The maximum atomic E-state index is 13.8. The smallest absolute Gasteiger partial charge is 0.266 e. The molecule has 0 saturated carbocycles. The van der Waals surface area contributed by atoms with Crippen LogP contribution >= 0.6 is 11.6 Å². The quantitative estimate of drug-likeness (QED) is 0.443. The van der Waals surface area contributed by atoms with Gasteiger partial charge in [0, 0.05) is 6.04 Å². The van der Waals surface area contributed by atoms with Crippen LogP contribution in [0.15, 0.2) is 65.5 Å². The zero-order valence-corrected chi connectivity index (χ0v) is 18.4. The van der Waals surface area contributed by atoms with E-state index in [0.29, 0.717) is 27.7 Å². The molecule has 0 spiro atoms. The van der Waals surface area contributed by atoms with Gasteiger partial charge in [0.1, 0.15) is 11.6 Å². The van der Waals surface area contributed by atoms with E-state index in [9.17, 15) is 9.18 Å². The van der Waals surface area contributed by atoms with Crippen LogP contribution in [0, 0.1) is 11.7 Å². The lowest BCUT2D eigenvalue weighted by Crippen LogP contribution is -2.22. The highest BCUT2D eigenvalue weighted by atomic mass is 35.5. The van der Waals surface area contributed by atoms with Crippen LogP contribution in [0.1, 0.15) is 37.1 Å². The molecule has 2 N–H and O–H groups in total. The van der Waals surface area contributed by atoms with E-state index in [2.05, 4.69) is 9.97 Å². The van der Waals surface area contributed by atoms with Crippen LogP contribution in [0.2, 0.25) is 5.02 Å². The predicted molar refractivity (Wildman–Crippen MR) is 127 cm³/mol. The third kappa shape index (κ3) is 4.33. The Morgan fingerprint density at radius 1 is 1.03 bits per heavy atom. The summed E-state index contributed by atoms with van der Waals surface area (Å²) in [7, 11) is 0. The third-order valence-electron chi connectivity index (χ3n) is 5.20. The van der Waals surface area contributed by atoms with Crippen molar-refractivity contribution in [1.29, 1.82) is 0 Å². The molecule has 32 heavy (non-hydrogen) atoms. The van der Waals surface area contributed by atoms with Gasteiger partial charge < -0.3 is 5.73 Å². The highest BCUT2D eigenvalue weighted by Gasteiger charge is 2.15. The second kappa shape index (κ2) is 9.02.